The number of fused-ring (bicyclic) bond motifs is 2. The third-order valence-corrected chi connectivity index (χ3v) is 9.08. The van der Waals surface area contributed by atoms with E-state index in [0.29, 0.717) is 11.1 Å². The van der Waals surface area contributed by atoms with Crippen molar-refractivity contribution >= 4 is 55.0 Å². The number of Topliss-reactive ketones (excluding diaryl/α,β-unsaturated/α-hetero) is 2. The Bertz CT molecular complexity index is 1710. The monoisotopic (exact) mass is 532 g/mol. The Morgan fingerprint density at radius 2 is 0.895 bits per heavy atom. The highest BCUT2D eigenvalue weighted by atomic mass is 33.1. The summed E-state index contributed by atoms with van der Waals surface area (Å²) in [6.07, 6.45) is 4.24. The van der Waals surface area contributed by atoms with Gasteiger partial charge in [0.1, 0.15) is 0 Å². The summed E-state index contributed by atoms with van der Waals surface area (Å²) in [6.45, 7) is 3.21. The van der Waals surface area contributed by atoms with Crippen LogP contribution in [0.15, 0.2) is 119 Å². The van der Waals surface area contributed by atoms with E-state index in [9.17, 15) is 9.59 Å². The molecule has 0 aliphatic rings. The Morgan fingerprint density at radius 3 is 1.32 bits per heavy atom. The van der Waals surface area contributed by atoms with Gasteiger partial charge < -0.3 is 9.13 Å². The van der Waals surface area contributed by atoms with Gasteiger partial charge in [-0.05, 0) is 50.2 Å². The zero-order valence-corrected chi connectivity index (χ0v) is 22.6. The molecule has 4 nitrogen and oxygen atoms in total. The van der Waals surface area contributed by atoms with Crippen LogP contribution in [0.5, 0.6) is 0 Å². The lowest BCUT2D eigenvalue weighted by Crippen LogP contribution is -2.02. The van der Waals surface area contributed by atoms with E-state index >= 15 is 0 Å². The summed E-state index contributed by atoms with van der Waals surface area (Å²) in [5.41, 5.74) is 5.27. The number of para-hydroxylation sites is 4. The lowest BCUT2D eigenvalue weighted by Gasteiger charge is -2.09. The maximum atomic E-state index is 12.4. The molecule has 0 aliphatic carbocycles. The minimum Gasteiger partial charge on any atom is -0.315 e. The van der Waals surface area contributed by atoms with Crippen LogP contribution in [0.2, 0.25) is 0 Å². The van der Waals surface area contributed by atoms with Gasteiger partial charge in [-0.3, -0.25) is 9.59 Å². The molecule has 0 saturated carbocycles. The first kappa shape index (κ1) is 24.3. The minimum atomic E-state index is 0.0422. The van der Waals surface area contributed by atoms with Gasteiger partial charge in [0, 0.05) is 44.1 Å². The van der Waals surface area contributed by atoms with Crippen molar-refractivity contribution in [2.45, 2.75) is 23.6 Å². The van der Waals surface area contributed by atoms with E-state index < -0.39 is 0 Å². The Hall–Kier alpha value is -4.00. The van der Waals surface area contributed by atoms with Gasteiger partial charge in [-0.1, -0.05) is 82.3 Å². The largest absolute Gasteiger partial charge is 0.315 e. The molecule has 0 N–H and O–H groups in total. The van der Waals surface area contributed by atoms with Crippen LogP contribution in [0.4, 0.5) is 0 Å². The highest BCUT2D eigenvalue weighted by Gasteiger charge is 2.17. The first-order valence-corrected chi connectivity index (χ1v) is 14.4. The molecule has 0 radical (unpaired) electrons. The normalized spacial score (nSPS) is 11.3. The van der Waals surface area contributed by atoms with Gasteiger partial charge in [0.05, 0.1) is 22.4 Å². The third kappa shape index (κ3) is 4.26. The summed E-state index contributed by atoms with van der Waals surface area (Å²) < 4.78 is 4.22. The molecule has 6 heteroatoms. The lowest BCUT2D eigenvalue weighted by atomic mass is 10.1. The Kier molecular flexibility index (Phi) is 6.44. The average molecular weight is 533 g/mol. The summed E-state index contributed by atoms with van der Waals surface area (Å²) in [5, 5.41) is 2.27. The van der Waals surface area contributed by atoms with E-state index in [0.717, 1.165) is 43.0 Å². The van der Waals surface area contributed by atoms with Crippen molar-refractivity contribution in [3.05, 3.63) is 121 Å². The molecular formula is C32H24N2O2S2. The fourth-order valence-corrected chi connectivity index (χ4v) is 7.22. The molecule has 2 heterocycles. The van der Waals surface area contributed by atoms with Crippen molar-refractivity contribution in [3.8, 4) is 11.4 Å². The number of benzene rings is 4. The zero-order valence-electron chi connectivity index (χ0n) is 20.9. The quantitative estimate of drug-likeness (QED) is 0.152. The Morgan fingerprint density at radius 1 is 0.526 bits per heavy atom. The number of aromatic nitrogens is 2. The molecule has 0 amide bonds. The van der Waals surface area contributed by atoms with Crippen LogP contribution >= 0.6 is 21.6 Å². The van der Waals surface area contributed by atoms with Crippen LogP contribution in [0, 0.1) is 0 Å². The molecule has 0 aliphatic heterocycles. The molecule has 186 valence electrons. The second-order valence-corrected chi connectivity index (χ2v) is 11.3. The Balaban J connectivity index is 1.42. The summed E-state index contributed by atoms with van der Waals surface area (Å²) in [5.74, 6) is 0.0845. The highest BCUT2D eigenvalue weighted by molar-refractivity contribution is 8.76. The molecule has 4 aromatic carbocycles. The van der Waals surface area contributed by atoms with Gasteiger partial charge in [-0.15, -0.1) is 0 Å². The zero-order chi connectivity index (χ0) is 26.2. The summed E-state index contributed by atoms with van der Waals surface area (Å²) in [4.78, 5) is 26.9. The number of carbonyl (C=O) groups excluding carboxylic acids is 2. The fraction of sp³-hybridized carbons (Fsp3) is 0.0625. The van der Waals surface area contributed by atoms with Crippen molar-refractivity contribution in [3.63, 3.8) is 0 Å². The third-order valence-electron chi connectivity index (χ3n) is 6.66. The van der Waals surface area contributed by atoms with Gasteiger partial charge >= 0.3 is 0 Å². The molecule has 0 spiro atoms. The van der Waals surface area contributed by atoms with E-state index in [-0.39, 0.29) is 11.6 Å². The smallest absolute Gasteiger partial charge is 0.161 e. The number of carbonyl (C=O) groups is 2. The molecule has 6 aromatic rings. The second-order valence-electron chi connectivity index (χ2n) is 9.07. The molecular weight excluding hydrogens is 508 g/mol. The predicted molar refractivity (Wildman–Crippen MR) is 158 cm³/mol. The topological polar surface area (TPSA) is 44.0 Å². The van der Waals surface area contributed by atoms with Crippen LogP contribution in [0.1, 0.15) is 34.6 Å². The van der Waals surface area contributed by atoms with Crippen LogP contribution in [0.3, 0.4) is 0 Å². The van der Waals surface area contributed by atoms with Crippen LogP contribution in [0.25, 0.3) is 33.2 Å². The number of hydrogen-bond donors (Lipinski definition) is 0. The molecule has 0 unspecified atom stereocenters. The van der Waals surface area contributed by atoms with Crippen molar-refractivity contribution < 1.29 is 9.59 Å². The second kappa shape index (κ2) is 10.0. The van der Waals surface area contributed by atoms with Crippen LogP contribution in [-0.4, -0.2) is 20.7 Å². The number of rotatable bonds is 7. The molecule has 2 aromatic heterocycles. The minimum absolute atomic E-state index is 0.0422. The van der Waals surface area contributed by atoms with E-state index in [1.807, 2.05) is 72.8 Å². The average Bonchev–Trinajstić information content (AvgIpc) is 3.50. The van der Waals surface area contributed by atoms with Gasteiger partial charge in [0.25, 0.3) is 0 Å². The SMILES string of the molecule is CC(=O)c1ccccc1-n1cc(SSc2cn(-c3ccccc3C(C)=O)c3ccccc23)c2ccccc21. The van der Waals surface area contributed by atoms with Gasteiger partial charge in [0.2, 0.25) is 0 Å². The molecule has 0 fully saturated rings. The van der Waals surface area contributed by atoms with Crippen molar-refractivity contribution in [1.29, 1.82) is 0 Å². The van der Waals surface area contributed by atoms with Crippen molar-refractivity contribution in [2.75, 3.05) is 0 Å². The van der Waals surface area contributed by atoms with E-state index in [1.54, 1.807) is 35.4 Å². The summed E-state index contributed by atoms with van der Waals surface area (Å²) >= 11 is 0. The molecule has 0 saturated heterocycles. The predicted octanol–water partition coefficient (Wildman–Crippen LogP) is 8.78. The maximum Gasteiger partial charge on any atom is 0.161 e. The lowest BCUT2D eigenvalue weighted by molar-refractivity contribution is 0.100. The molecule has 6 rings (SSSR count). The van der Waals surface area contributed by atoms with E-state index in [4.69, 9.17) is 0 Å². The van der Waals surface area contributed by atoms with Crippen LogP contribution in [-0.2, 0) is 0 Å². The van der Waals surface area contributed by atoms with Crippen molar-refractivity contribution in [1.82, 2.24) is 9.13 Å². The van der Waals surface area contributed by atoms with Gasteiger partial charge in [-0.2, -0.15) is 0 Å². The molecule has 38 heavy (non-hydrogen) atoms. The number of ketones is 2. The molecule has 0 atom stereocenters. The highest BCUT2D eigenvalue weighted by Crippen LogP contribution is 2.45. The van der Waals surface area contributed by atoms with Crippen LogP contribution < -0.4 is 0 Å². The number of hydrogen-bond acceptors (Lipinski definition) is 4. The van der Waals surface area contributed by atoms with E-state index in [1.165, 1.54) is 0 Å². The summed E-state index contributed by atoms with van der Waals surface area (Å²) in [6, 6.07) is 32.0. The number of nitrogens with zero attached hydrogens (tertiary/aromatic N) is 2. The molecule has 0 bridgehead atoms. The standard InChI is InChI=1S/C32H24N2O2S2/c1-21(35)23-11-3-7-15-27(23)33-19-31(25-13-5-9-17-29(25)33)37-38-32-20-34(30-18-10-6-14-26(30)32)28-16-8-4-12-24(28)22(2)36/h3-20H,1-2H3. The van der Waals surface area contributed by atoms with Gasteiger partial charge in [-0.25, -0.2) is 0 Å². The fourth-order valence-electron chi connectivity index (χ4n) is 4.88. The van der Waals surface area contributed by atoms with Crippen molar-refractivity contribution in [2.24, 2.45) is 0 Å². The van der Waals surface area contributed by atoms with Gasteiger partial charge in [0.15, 0.2) is 11.6 Å². The maximum absolute atomic E-state index is 12.4. The summed E-state index contributed by atoms with van der Waals surface area (Å²) in [7, 11) is 3.39. The van der Waals surface area contributed by atoms with E-state index in [2.05, 4.69) is 45.8 Å². The first-order chi connectivity index (χ1) is 18.5. The first-order valence-electron chi connectivity index (χ1n) is 12.3. The Labute approximate surface area is 228 Å².